The quantitative estimate of drug-likeness (QED) is 0.885. The number of rotatable bonds is 2. The number of methoxy groups -OCH3 is 1. The van der Waals surface area contributed by atoms with Gasteiger partial charge in [-0.25, -0.2) is 4.98 Å². The molecular weight excluding hydrogens is 252 g/mol. The molecule has 2 aliphatic heterocycles. The number of hydrogen-bond acceptors (Lipinski definition) is 5. The van der Waals surface area contributed by atoms with E-state index in [1.165, 1.54) is 18.4 Å². The summed E-state index contributed by atoms with van der Waals surface area (Å²) in [6.45, 7) is 6.40. The van der Waals surface area contributed by atoms with Crippen LogP contribution in [0.4, 0.5) is 5.95 Å². The summed E-state index contributed by atoms with van der Waals surface area (Å²) < 4.78 is 5.52. The van der Waals surface area contributed by atoms with Gasteiger partial charge < -0.3 is 15.0 Å². The van der Waals surface area contributed by atoms with E-state index in [0.29, 0.717) is 0 Å². The summed E-state index contributed by atoms with van der Waals surface area (Å²) in [5.41, 5.74) is 2.35. The van der Waals surface area contributed by atoms with Crippen molar-refractivity contribution < 1.29 is 4.74 Å². The second-order valence-electron chi connectivity index (χ2n) is 5.88. The molecule has 0 unspecified atom stereocenters. The van der Waals surface area contributed by atoms with Crippen molar-refractivity contribution >= 4 is 5.95 Å². The van der Waals surface area contributed by atoms with E-state index in [2.05, 4.69) is 22.1 Å². The van der Waals surface area contributed by atoms with E-state index in [9.17, 15) is 0 Å². The van der Waals surface area contributed by atoms with Crippen LogP contribution in [0.1, 0.15) is 31.0 Å². The lowest BCUT2D eigenvalue weighted by atomic mass is 9.99. The molecule has 0 atom stereocenters. The Morgan fingerprint density at radius 3 is 2.65 bits per heavy atom. The monoisotopic (exact) mass is 276 g/mol. The zero-order chi connectivity index (χ0) is 13.9. The minimum Gasteiger partial charge on any atom is -0.481 e. The molecule has 0 radical (unpaired) electrons. The summed E-state index contributed by atoms with van der Waals surface area (Å²) in [6.07, 6.45) is 4.37. The molecule has 5 heteroatoms. The van der Waals surface area contributed by atoms with Crippen LogP contribution in [0, 0.1) is 5.92 Å². The van der Waals surface area contributed by atoms with Crippen molar-refractivity contribution in [2.45, 2.75) is 32.6 Å². The molecule has 3 heterocycles. The molecule has 0 amide bonds. The fourth-order valence-electron chi connectivity index (χ4n) is 3.02. The minimum absolute atomic E-state index is 0.771. The standard InChI is InChI=1S/C15H24N4O/c1-11-5-9-19(10-6-11)15-17-13-4-8-16-7-3-12(13)14(18-15)20-2/h11,16H,3-10H2,1-2H3. The van der Waals surface area contributed by atoms with Crippen molar-refractivity contribution in [2.24, 2.45) is 5.92 Å². The summed E-state index contributed by atoms with van der Waals surface area (Å²) >= 11 is 0. The first-order valence-electron chi connectivity index (χ1n) is 7.67. The van der Waals surface area contributed by atoms with E-state index in [1.54, 1.807) is 7.11 Å². The van der Waals surface area contributed by atoms with E-state index < -0.39 is 0 Å². The van der Waals surface area contributed by atoms with Gasteiger partial charge in [-0.15, -0.1) is 0 Å². The average molecular weight is 276 g/mol. The molecule has 1 N–H and O–H groups in total. The van der Waals surface area contributed by atoms with Gasteiger partial charge in [0.25, 0.3) is 0 Å². The topological polar surface area (TPSA) is 50.3 Å². The first-order chi connectivity index (χ1) is 9.78. The number of ether oxygens (including phenoxy) is 1. The van der Waals surface area contributed by atoms with Gasteiger partial charge in [-0.05, 0) is 31.7 Å². The highest BCUT2D eigenvalue weighted by Crippen LogP contribution is 2.27. The van der Waals surface area contributed by atoms with Gasteiger partial charge in [0.1, 0.15) is 0 Å². The van der Waals surface area contributed by atoms with Gasteiger partial charge in [-0.3, -0.25) is 0 Å². The van der Waals surface area contributed by atoms with Crippen LogP contribution in [0.25, 0.3) is 0 Å². The molecule has 20 heavy (non-hydrogen) atoms. The highest BCUT2D eigenvalue weighted by atomic mass is 16.5. The van der Waals surface area contributed by atoms with Crippen LogP contribution in [0.2, 0.25) is 0 Å². The maximum Gasteiger partial charge on any atom is 0.228 e. The van der Waals surface area contributed by atoms with Gasteiger partial charge in [-0.2, -0.15) is 4.98 Å². The third-order valence-corrected chi connectivity index (χ3v) is 4.39. The molecule has 3 rings (SSSR count). The second kappa shape index (κ2) is 5.95. The zero-order valence-electron chi connectivity index (χ0n) is 12.5. The smallest absolute Gasteiger partial charge is 0.228 e. The van der Waals surface area contributed by atoms with Crippen molar-refractivity contribution in [3.05, 3.63) is 11.3 Å². The Morgan fingerprint density at radius 1 is 1.15 bits per heavy atom. The Hall–Kier alpha value is -1.36. The van der Waals surface area contributed by atoms with E-state index in [4.69, 9.17) is 9.72 Å². The van der Waals surface area contributed by atoms with Crippen molar-refractivity contribution in [1.82, 2.24) is 15.3 Å². The molecule has 0 saturated carbocycles. The predicted molar refractivity (Wildman–Crippen MR) is 79.5 cm³/mol. The van der Waals surface area contributed by atoms with Gasteiger partial charge in [0.2, 0.25) is 11.8 Å². The molecule has 0 spiro atoms. The first kappa shape index (κ1) is 13.6. The highest BCUT2D eigenvalue weighted by Gasteiger charge is 2.22. The van der Waals surface area contributed by atoms with Crippen LogP contribution in [0.15, 0.2) is 0 Å². The molecule has 0 aromatic carbocycles. The molecule has 5 nitrogen and oxygen atoms in total. The number of nitrogens with one attached hydrogen (secondary N) is 1. The Labute approximate surface area is 120 Å². The Morgan fingerprint density at radius 2 is 1.90 bits per heavy atom. The molecule has 1 aromatic heterocycles. The fourth-order valence-corrected chi connectivity index (χ4v) is 3.02. The highest BCUT2D eigenvalue weighted by molar-refractivity contribution is 5.41. The molecular formula is C15H24N4O. The third kappa shape index (κ3) is 2.73. The number of fused-ring (bicyclic) bond motifs is 1. The first-order valence-corrected chi connectivity index (χ1v) is 7.67. The maximum atomic E-state index is 5.52. The predicted octanol–water partition coefficient (Wildman–Crippen LogP) is 1.41. The van der Waals surface area contributed by atoms with Crippen LogP contribution >= 0.6 is 0 Å². The molecule has 1 saturated heterocycles. The minimum atomic E-state index is 0.771. The van der Waals surface area contributed by atoms with Crippen molar-refractivity contribution in [3.63, 3.8) is 0 Å². The SMILES string of the molecule is COc1nc(N2CCC(C)CC2)nc2c1CCNCC2. The normalized spacial score (nSPS) is 20.4. The zero-order valence-corrected chi connectivity index (χ0v) is 12.5. The number of aromatic nitrogens is 2. The van der Waals surface area contributed by atoms with E-state index in [1.807, 2.05) is 0 Å². The van der Waals surface area contributed by atoms with Gasteiger partial charge in [0.05, 0.1) is 12.8 Å². The Balaban J connectivity index is 1.90. The van der Waals surface area contributed by atoms with E-state index in [0.717, 1.165) is 62.5 Å². The molecule has 1 fully saturated rings. The van der Waals surface area contributed by atoms with E-state index in [-0.39, 0.29) is 0 Å². The molecule has 110 valence electrons. The van der Waals surface area contributed by atoms with Gasteiger partial charge in [0.15, 0.2) is 0 Å². The van der Waals surface area contributed by atoms with Crippen LogP contribution in [0.3, 0.4) is 0 Å². The maximum absolute atomic E-state index is 5.52. The molecule has 0 aliphatic carbocycles. The molecule has 1 aromatic rings. The lowest BCUT2D eigenvalue weighted by Crippen LogP contribution is -2.34. The summed E-state index contributed by atoms with van der Waals surface area (Å²) in [4.78, 5) is 11.8. The van der Waals surface area contributed by atoms with Crippen LogP contribution < -0.4 is 15.0 Å². The average Bonchev–Trinajstić information content (AvgIpc) is 2.72. The van der Waals surface area contributed by atoms with Crippen LogP contribution in [-0.2, 0) is 12.8 Å². The fraction of sp³-hybridized carbons (Fsp3) is 0.733. The van der Waals surface area contributed by atoms with Crippen molar-refractivity contribution in [3.8, 4) is 5.88 Å². The van der Waals surface area contributed by atoms with Gasteiger partial charge in [-0.1, -0.05) is 6.92 Å². The third-order valence-electron chi connectivity index (χ3n) is 4.39. The Bertz CT molecular complexity index is 469. The molecule has 0 bridgehead atoms. The van der Waals surface area contributed by atoms with Crippen molar-refractivity contribution in [1.29, 1.82) is 0 Å². The largest absolute Gasteiger partial charge is 0.481 e. The number of nitrogens with zero attached hydrogens (tertiary/aromatic N) is 3. The summed E-state index contributed by atoms with van der Waals surface area (Å²) in [5, 5.41) is 3.41. The van der Waals surface area contributed by atoms with Gasteiger partial charge >= 0.3 is 0 Å². The van der Waals surface area contributed by atoms with Gasteiger partial charge in [0, 0.05) is 31.6 Å². The summed E-state index contributed by atoms with van der Waals surface area (Å²) in [7, 11) is 1.71. The van der Waals surface area contributed by atoms with Crippen LogP contribution in [0.5, 0.6) is 5.88 Å². The number of anilines is 1. The summed E-state index contributed by atoms with van der Waals surface area (Å²) in [5.74, 6) is 2.44. The van der Waals surface area contributed by atoms with Crippen LogP contribution in [-0.4, -0.2) is 43.3 Å². The lowest BCUT2D eigenvalue weighted by molar-refractivity contribution is 0.387. The number of hydrogen-bond donors (Lipinski definition) is 1. The van der Waals surface area contributed by atoms with E-state index >= 15 is 0 Å². The second-order valence-corrected chi connectivity index (χ2v) is 5.88. The summed E-state index contributed by atoms with van der Waals surface area (Å²) in [6, 6.07) is 0. The Kier molecular flexibility index (Phi) is 4.05. The molecule has 2 aliphatic rings. The number of piperidine rings is 1. The lowest BCUT2D eigenvalue weighted by Gasteiger charge is -2.30. The van der Waals surface area contributed by atoms with Crippen molar-refractivity contribution in [2.75, 3.05) is 38.2 Å².